The van der Waals surface area contributed by atoms with Crippen LogP contribution in [-0.2, 0) is 0 Å². The van der Waals surface area contributed by atoms with Gasteiger partial charge < -0.3 is 9.80 Å². The molecule has 1 aromatic heterocycles. The van der Waals surface area contributed by atoms with E-state index in [1.807, 2.05) is 53.5 Å². The number of nitrogens with zero attached hydrogens (tertiary/aromatic N) is 3. The summed E-state index contributed by atoms with van der Waals surface area (Å²) in [5.74, 6) is 0.0698. The zero-order chi connectivity index (χ0) is 19.3. The Bertz CT molecular complexity index is 846. The lowest BCUT2D eigenvalue weighted by Gasteiger charge is -2.28. The van der Waals surface area contributed by atoms with Crippen LogP contribution >= 0.6 is 11.6 Å². The summed E-state index contributed by atoms with van der Waals surface area (Å²) in [5, 5.41) is 0.355. The number of halogens is 1. The lowest BCUT2D eigenvalue weighted by Crippen LogP contribution is -2.42. The van der Waals surface area contributed by atoms with Crippen LogP contribution in [-0.4, -0.2) is 52.9 Å². The highest BCUT2D eigenvalue weighted by Gasteiger charge is 2.31. The van der Waals surface area contributed by atoms with Gasteiger partial charge in [0, 0.05) is 24.7 Å². The first-order valence-electron chi connectivity index (χ1n) is 10.1. The van der Waals surface area contributed by atoms with E-state index in [1.165, 1.54) is 12.8 Å². The second-order valence-electron chi connectivity index (χ2n) is 7.65. The minimum atomic E-state index is 0.0698. The fourth-order valence-corrected chi connectivity index (χ4v) is 4.41. The summed E-state index contributed by atoms with van der Waals surface area (Å²) in [6.07, 6.45) is 8.60. The summed E-state index contributed by atoms with van der Waals surface area (Å²) >= 11 is 6.23. The van der Waals surface area contributed by atoms with E-state index in [1.54, 1.807) is 6.07 Å². The van der Waals surface area contributed by atoms with Crippen LogP contribution in [0, 0.1) is 0 Å². The Labute approximate surface area is 171 Å². The molecular formula is C23H26ClN3O. The summed E-state index contributed by atoms with van der Waals surface area (Å²) in [6, 6.07) is 13.9. The molecule has 2 fully saturated rings. The molecule has 2 aromatic rings. The van der Waals surface area contributed by atoms with Crippen molar-refractivity contribution < 1.29 is 4.79 Å². The first-order valence-corrected chi connectivity index (χ1v) is 10.5. The van der Waals surface area contributed by atoms with E-state index in [-0.39, 0.29) is 5.91 Å². The SMILES string of the molecule is O=C(c1cc(Cl)nc(/C=C/c2ccccc2)c1)N1CCC[C@H]1CN1CCCC1. The molecule has 1 amide bonds. The number of likely N-dealkylation sites (tertiary alicyclic amines) is 2. The van der Waals surface area contributed by atoms with Gasteiger partial charge in [0.05, 0.1) is 5.69 Å². The van der Waals surface area contributed by atoms with Crippen molar-refractivity contribution >= 4 is 29.7 Å². The maximum atomic E-state index is 13.2. The third-order valence-corrected chi connectivity index (χ3v) is 5.81. The smallest absolute Gasteiger partial charge is 0.254 e. The van der Waals surface area contributed by atoms with E-state index >= 15 is 0 Å². The third kappa shape index (κ3) is 4.62. The quantitative estimate of drug-likeness (QED) is 0.694. The molecule has 2 aliphatic heterocycles. The molecule has 3 heterocycles. The molecule has 1 atom stereocenters. The van der Waals surface area contributed by atoms with E-state index in [4.69, 9.17) is 11.6 Å². The van der Waals surface area contributed by atoms with Crippen molar-refractivity contribution in [3.63, 3.8) is 0 Å². The van der Waals surface area contributed by atoms with Crippen molar-refractivity contribution in [3.8, 4) is 0 Å². The molecule has 0 radical (unpaired) electrons. The van der Waals surface area contributed by atoms with Gasteiger partial charge in [0.2, 0.25) is 0 Å². The van der Waals surface area contributed by atoms with Crippen LogP contribution in [0.5, 0.6) is 0 Å². The van der Waals surface area contributed by atoms with Gasteiger partial charge in [0.15, 0.2) is 0 Å². The number of rotatable bonds is 5. The number of carbonyl (C=O) groups is 1. The minimum absolute atomic E-state index is 0.0698. The van der Waals surface area contributed by atoms with E-state index in [2.05, 4.69) is 9.88 Å². The zero-order valence-corrected chi connectivity index (χ0v) is 16.8. The van der Waals surface area contributed by atoms with Crippen molar-refractivity contribution in [1.82, 2.24) is 14.8 Å². The molecule has 2 aliphatic rings. The van der Waals surface area contributed by atoms with E-state index in [0.717, 1.165) is 44.6 Å². The summed E-state index contributed by atoms with van der Waals surface area (Å²) in [6.45, 7) is 4.14. The van der Waals surface area contributed by atoms with E-state index < -0.39 is 0 Å². The largest absolute Gasteiger partial charge is 0.334 e. The molecule has 146 valence electrons. The monoisotopic (exact) mass is 395 g/mol. The van der Waals surface area contributed by atoms with Crippen LogP contribution in [0.2, 0.25) is 5.15 Å². The van der Waals surface area contributed by atoms with Crippen LogP contribution in [0.25, 0.3) is 12.2 Å². The molecule has 0 saturated carbocycles. The van der Waals surface area contributed by atoms with E-state index in [0.29, 0.717) is 22.5 Å². The number of hydrogen-bond acceptors (Lipinski definition) is 3. The fourth-order valence-electron chi connectivity index (χ4n) is 4.19. The van der Waals surface area contributed by atoms with Crippen LogP contribution in [0.4, 0.5) is 0 Å². The number of aromatic nitrogens is 1. The Kier molecular flexibility index (Phi) is 6.08. The third-order valence-electron chi connectivity index (χ3n) is 5.61. The Morgan fingerprint density at radius 1 is 1.07 bits per heavy atom. The highest BCUT2D eigenvalue weighted by molar-refractivity contribution is 6.29. The first-order chi connectivity index (χ1) is 13.7. The average Bonchev–Trinajstić information content (AvgIpc) is 3.39. The Morgan fingerprint density at radius 2 is 1.86 bits per heavy atom. The normalized spacial score (nSPS) is 20.3. The van der Waals surface area contributed by atoms with Crippen LogP contribution in [0.1, 0.15) is 47.3 Å². The Hall–Kier alpha value is -2.17. The van der Waals surface area contributed by atoms with E-state index in [9.17, 15) is 4.79 Å². The Balaban J connectivity index is 1.50. The van der Waals surface area contributed by atoms with Crippen molar-refractivity contribution in [2.24, 2.45) is 0 Å². The second-order valence-corrected chi connectivity index (χ2v) is 8.04. The highest BCUT2D eigenvalue weighted by Crippen LogP contribution is 2.24. The number of carbonyl (C=O) groups excluding carboxylic acids is 1. The molecule has 0 N–H and O–H groups in total. The standard InChI is InChI=1S/C23H26ClN3O/c24-22-16-19(15-20(25-22)11-10-18-7-2-1-3-8-18)23(28)27-14-6-9-21(27)17-26-12-4-5-13-26/h1-3,7-8,10-11,15-16,21H,4-6,9,12-14,17H2/b11-10+/t21-/m0/s1. The van der Waals surface area contributed by atoms with Gasteiger partial charge in [-0.1, -0.05) is 48.0 Å². The van der Waals surface area contributed by atoms with Gasteiger partial charge in [0.25, 0.3) is 5.91 Å². The van der Waals surface area contributed by atoms with Gasteiger partial charge in [-0.3, -0.25) is 4.79 Å². The summed E-state index contributed by atoms with van der Waals surface area (Å²) in [5.41, 5.74) is 2.42. The molecule has 4 rings (SSSR count). The summed E-state index contributed by atoms with van der Waals surface area (Å²) < 4.78 is 0. The average molecular weight is 396 g/mol. The van der Waals surface area contributed by atoms with Crippen molar-refractivity contribution in [1.29, 1.82) is 0 Å². The van der Waals surface area contributed by atoms with Gasteiger partial charge in [-0.2, -0.15) is 0 Å². The molecule has 28 heavy (non-hydrogen) atoms. The second kappa shape index (κ2) is 8.89. The maximum Gasteiger partial charge on any atom is 0.254 e. The van der Waals surface area contributed by atoms with Crippen LogP contribution in [0.15, 0.2) is 42.5 Å². The fraction of sp³-hybridized carbons (Fsp3) is 0.391. The molecule has 0 spiro atoms. The number of amides is 1. The van der Waals surface area contributed by atoms with Gasteiger partial charge in [0.1, 0.15) is 5.15 Å². The molecular weight excluding hydrogens is 370 g/mol. The molecule has 2 saturated heterocycles. The van der Waals surface area contributed by atoms with Gasteiger partial charge in [-0.25, -0.2) is 4.98 Å². The maximum absolute atomic E-state index is 13.2. The van der Waals surface area contributed by atoms with Crippen LogP contribution < -0.4 is 0 Å². The van der Waals surface area contributed by atoms with Gasteiger partial charge in [-0.05, 0) is 62.5 Å². The van der Waals surface area contributed by atoms with Crippen molar-refractivity contribution in [3.05, 3.63) is 64.4 Å². The number of pyridine rings is 1. The summed E-state index contributed by atoms with van der Waals surface area (Å²) in [7, 11) is 0. The first kappa shape index (κ1) is 19.2. The molecule has 4 nitrogen and oxygen atoms in total. The molecule has 0 aliphatic carbocycles. The number of hydrogen-bond donors (Lipinski definition) is 0. The molecule has 0 bridgehead atoms. The minimum Gasteiger partial charge on any atom is -0.334 e. The molecule has 0 unspecified atom stereocenters. The predicted molar refractivity (Wildman–Crippen MR) is 114 cm³/mol. The predicted octanol–water partition coefficient (Wildman–Crippen LogP) is 4.61. The molecule has 1 aromatic carbocycles. The summed E-state index contributed by atoms with van der Waals surface area (Å²) in [4.78, 5) is 22.1. The topological polar surface area (TPSA) is 36.4 Å². The van der Waals surface area contributed by atoms with Crippen molar-refractivity contribution in [2.75, 3.05) is 26.2 Å². The number of benzene rings is 1. The molecule has 5 heteroatoms. The Morgan fingerprint density at radius 3 is 2.64 bits per heavy atom. The highest BCUT2D eigenvalue weighted by atomic mass is 35.5. The van der Waals surface area contributed by atoms with Gasteiger partial charge in [-0.15, -0.1) is 0 Å². The zero-order valence-electron chi connectivity index (χ0n) is 16.1. The van der Waals surface area contributed by atoms with Crippen LogP contribution in [0.3, 0.4) is 0 Å². The lowest BCUT2D eigenvalue weighted by atomic mass is 10.1. The lowest BCUT2D eigenvalue weighted by molar-refractivity contribution is 0.0708. The van der Waals surface area contributed by atoms with Crippen molar-refractivity contribution in [2.45, 2.75) is 31.7 Å². The van der Waals surface area contributed by atoms with Gasteiger partial charge >= 0.3 is 0 Å².